The fourth-order valence-corrected chi connectivity index (χ4v) is 2.16. The highest BCUT2D eigenvalue weighted by Gasteiger charge is 2.36. The van der Waals surface area contributed by atoms with Gasteiger partial charge in [-0.15, -0.1) is 0 Å². The molecule has 0 aromatic heterocycles. The number of rotatable bonds is 6. The highest BCUT2D eigenvalue weighted by atomic mass is 32.1. The molecule has 0 saturated heterocycles. The van der Waals surface area contributed by atoms with E-state index in [0.717, 1.165) is 11.3 Å². The quantitative estimate of drug-likeness (QED) is 0.818. The minimum atomic E-state index is -0.781. The van der Waals surface area contributed by atoms with E-state index in [4.69, 9.17) is 22.7 Å². The summed E-state index contributed by atoms with van der Waals surface area (Å²) in [6.45, 7) is 4.22. The third kappa shape index (κ3) is 3.48. The zero-order chi connectivity index (χ0) is 15.3. The number of hydrogen-bond acceptors (Lipinski definition) is 3. The summed E-state index contributed by atoms with van der Waals surface area (Å²) in [5, 5.41) is 0. The van der Waals surface area contributed by atoms with Crippen molar-refractivity contribution in [2.45, 2.75) is 26.8 Å². The summed E-state index contributed by atoms with van der Waals surface area (Å²) >= 11 is 5.04. The van der Waals surface area contributed by atoms with Crippen LogP contribution in [-0.2, 0) is 11.3 Å². The highest BCUT2D eigenvalue weighted by Crippen LogP contribution is 2.25. The van der Waals surface area contributed by atoms with Crippen LogP contribution in [-0.4, -0.2) is 30.0 Å². The number of carbonyl (C=O) groups excluding carboxylic acids is 1. The highest BCUT2D eigenvalue weighted by molar-refractivity contribution is 7.80. The van der Waals surface area contributed by atoms with Crippen LogP contribution in [0.2, 0.25) is 0 Å². The summed E-state index contributed by atoms with van der Waals surface area (Å²) in [6, 6.07) is 7.62. The van der Waals surface area contributed by atoms with Gasteiger partial charge in [-0.3, -0.25) is 4.79 Å². The number of benzene rings is 1. The molecule has 1 atom stereocenters. The Hall–Kier alpha value is -1.62. The SMILES string of the molecule is CCC(C)(C(=O)N(C)Cc1ccc(OC)cc1)C(N)=S. The zero-order valence-electron chi connectivity index (χ0n) is 12.5. The maximum absolute atomic E-state index is 12.5. The van der Waals surface area contributed by atoms with Crippen molar-refractivity contribution in [3.8, 4) is 5.75 Å². The van der Waals surface area contributed by atoms with Crippen LogP contribution in [0.5, 0.6) is 5.75 Å². The van der Waals surface area contributed by atoms with E-state index >= 15 is 0 Å². The number of carbonyl (C=O) groups is 1. The lowest BCUT2D eigenvalue weighted by Gasteiger charge is -2.31. The van der Waals surface area contributed by atoms with Gasteiger partial charge in [0.2, 0.25) is 5.91 Å². The fourth-order valence-electron chi connectivity index (χ4n) is 1.93. The Bertz CT molecular complexity index is 487. The van der Waals surface area contributed by atoms with Crippen LogP contribution in [0.25, 0.3) is 0 Å². The molecule has 1 rings (SSSR count). The summed E-state index contributed by atoms with van der Waals surface area (Å²) in [4.78, 5) is 14.4. The van der Waals surface area contributed by atoms with E-state index in [1.807, 2.05) is 31.2 Å². The lowest BCUT2D eigenvalue weighted by Crippen LogP contribution is -2.47. The molecule has 0 radical (unpaired) electrons. The van der Waals surface area contributed by atoms with E-state index in [0.29, 0.717) is 13.0 Å². The Morgan fingerprint density at radius 2 is 1.95 bits per heavy atom. The van der Waals surface area contributed by atoms with Gasteiger partial charge in [0.1, 0.15) is 5.75 Å². The van der Waals surface area contributed by atoms with Crippen LogP contribution in [0.1, 0.15) is 25.8 Å². The molecule has 0 aliphatic heterocycles. The minimum Gasteiger partial charge on any atom is -0.497 e. The van der Waals surface area contributed by atoms with Gasteiger partial charge in [-0.1, -0.05) is 31.3 Å². The first-order chi connectivity index (χ1) is 9.35. The molecule has 0 fully saturated rings. The Morgan fingerprint density at radius 3 is 2.35 bits per heavy atom. The Kier molecular flexibility index (Phi) is 5.51. The lowest BCUT2D eigenvalue weighted by molar-refractivity contribution is -0.136. The van der Waals surface area contributed by atoms with E-state index in [1.54, 1.807) is 26.0 Å². The summed E-state index contributed by atoms with van der Waals surface area (Å²) < 4.78 is 5.11. The molecule has 1 unspecified atom stereocenters. The first-order valence-corrected chi connectivity index (χ1v) is 6.94. The molecule has 4 nitrogen and oxygen atoms in total. The number of ether oxygens (including phenoxy) is 1. The molecule has 1 aromatic carbocycles. The van der Waals surface area contributed by atoms with Crippen LogP contribution < -0.4 is 10.5 Å². The molecule has 5 heteroatoms. The lowest BCUT2D eigenvalue weighted by atomic mass is 9.86. The van der Waals surface area contributed by atoms with E-state index in [9.17, 15) is 4.79 Å². The predicted molar refractivity (Wildman–Crippen MR) is 84.7 cm³/mol. The number of thiocarbonyl (C=S) groups is 1. The van der Waals surface area contributed by atoms with Gasteiger partial charge in [-0.25, -0.2) is 0 Å². The molecular weight excluding hydrogens is 272 g/mol. The molecule has 1 amide bonds. The van der Waals surface area contributed by atoms with E-state index in [2.05, 4.69) is 0 Å². The van der Waals surface area contributed by atoms with Crippen molar-refractivity contribution in [3.63, 3.8) is 0 Å². The Morgan fingerprint density at radius 1 is 1.40 bits per heavy atom. The molecule has 0 aliphatic carbocycles. The van der Waals surface area contributed by atoms with Gasteiger partial charge in [0.05, 0.1) is 17.5 Å². The molecular formula is C15H22N2O2S. The van der Waals surface area contributed by atoms with Gasteiger partial charge in [-0.05, 0) is 31.0 Å². The van der Waals surface area contributed by atoms with Crippen molar-refractivity contribution in [2.24, 2.45) is 11.1 Å². The normalized spacial score (nSPS) is 13.4. The van der Waals surface area contributed by atoms with Gasteiger partial charge in [0.25, 0.3) is 0 Å². The monoisotopic (exact) mass is 294 g/mol. The average Bonchev–Trinajstić information content (AvgIpc) is 2.46. The van der Waals surface area contributed by atoms with E-state index in [-0.39, 0.29) is 10.9 Å². The number of amides is 1. The topological polar surface area (TPSA) is 55.6 Å². The van der Waals surface area contributed by atoms with Crippen LogP contribution >= 0.6 is 12.2 Å². The molecule has 0 saturated carbocycles. The third-order valence-electron chi connectivity index (χ3n) is 3.65. The fraction of sp³-hybridized carbons (Fsp3) is 0.467. The van der Waals surface area contributed by atoms with Crippen LogP contribution in [0.15, 0.2) is 24.3 Å². The second kappa shape index (κ2) is 6.70. The van der Waals surface area contributed by atoms with Crippen LogP contribution in [0.3, 0.4) is 0 Å². The molecule has 0 spiro atoms. The predicted octanol–water partition coefficient (Wildman–Crippen LogP) is 2.36. The van der Waals surface area contributed by atoms with Crippen molar-refractivity contribution in [1.29, 1.82) is 0 Å². The van der Waals surface area contributed by atoms with Gasteiger partial charge in [-0.2, -0.15) is 0 Å². The molecule has 1 aromatic rings. The number of nitrogens with zero attached hydrogens (tertiary/aromatic N) is 1. The van der Waals surface area contributed by atoms with E-state index in [1.165, 1.54) is 0 Å². The molecule has 2 N–H and O–H groups in total. The minimum absolute atomic E-state index is 0.0525. The molecule has 0 heterocycles. The van der Waals surface area contributed by atoms with Crippen molar-refractivity contribution in [1.82, 2.24) is 4.90 Å². The largest absolute Gasteiger partial charge is 0.497 e. The molecule has 0 bridgehead atoms. The maximum Gasteiger partial charge on any atom is 0.235 e. The second-order valence-electron chi connectivity index (χ2n) is 5.06. The van der Waals surface area contributed by atoms with Crippen molar-refractivity contribution in [2.75, 3.05) is 14.2 Å². The average molecular weight is 294 g/mol. The van der Waals surface area contributed by atoms with Crippen molar-refractivity contribution >= 4 is 23.1 Å². The number of methoxy groups -OCH3 is 1. The molecule has 20 heavy (non-hydrogen) atoms. The maximum atomic E-state index is 12.5. The standard InChI is InChI=1S/C15H22N2O2S/c1-5-15(2,13(16)20)14(18)17(3)10-11-6-8-12(19-4)9-7-11/h6-9H,5,10H2,1-4H3,(H2,16,20). The summed E-state index contributed by atoms with van der Waals surface area (Å²) in [6.07, 6.45) is 0.591. The summed E-state index contributed by atoms with van der Waals surface area (Å²) in [5.74, 6) is 0.743. The van der Waals surface area contributed by atoms with Gasteiger partial charge >= 0.3 is 0 Å². The Balaban J connectivity index is 2.81. The van der Waals surface area contributed by atoms with Gasteiger partial charge < -0.3 is 15.4 Å². The molecule has 110 valence electrons. The zero-order valence-corrected chi connectivity index (χ0v) is 13.3. The van der Waals surface area contributed by atoms with Crippen LogP contribution in [0, 0.1) is 5.41 Å². The first kappa shape index (κ1) is 16.4. The van der Waals surface area contributed by atoms with Gasteiger partial charge in [0, 0.05) is 13.6 Å². The second-order valence-corrected chi connectivity index (χ2v) is 5.50. The summed E-state index contributed by atoms with van der Waals surface area (Å²) in [7, 11) is 3.39. The number of hydrogen-bond donors (Lipinski definition) is 1. The summed E-state index contributed by atoms with van der Waals surface area (Å²) in [5.41, 5.74) is 5.97. The van der Waals surface area contributed by atoms with Crippen molar-refractivity contribution in [3.05, 3.63) is 29.8 Å². The van der Waals surface area contributed by atoms with E-state index < -0.39 is 5.41 Å². The smallest absolute Gasteiger partial charge is 0.235 e. The Labute approximate surface area is 125 Å². The number of nitrogens with two attached hydrogens (primary N) is 1. The first-order valence-electron chi connectivity index (χ1n) is 6.53. The van der Waals surface area contributed by atoms with Crippen LogP contribution in [0.4, 0.5) is 0 Å². The van der Waals surface area contributed by atoms with Crippen molar-refractivity contribution < 1.29 is 9.53 Å². The third-order valence-corrected chi connectivity index (χ3v) is 4.10. The molecule has 0 aliphatic rings. The van der Waals surface area contributed by atoms with Gasteiger partial charge in [0.15, 0.2) is 0 Å².